The minimum absolute atomic E-state index is 0.0251. The first-order valence-electron chi connectivity index (χ1n) is 8.24. The number of aliphatic carboxylic acids is 1. The molecule has 1 aromatic carbocycles. The number of carbonyl (C=O) groups excluding carboxylic acids is 1. The van der Waals surface area contributed by atoms with Gasteiger partial charge >= 0.3 is 11.7 Å². The molecule has 1 aliphatic rings. The van der Waals surface area contributed by atoms with Crippen molar-refractivity contribution in [2.45, 2.75) is 32.1 Å². The number of rotatable bonds is 5. The number of H-pyrrole nitrogens is 2. The van der Waals surface area contributed by atoms with Crippen LogP contribution in [0, 0.1) is 5.92 Å². The van der Waals surface area contributed by atoms with Crippen molar-refractivity contribution in [1.82, 2.24) is 14.9 Å². The Morgan fingerprint density at radius 3 is 2.83 bits per heavy atom. The average molecular weight is 331 g/mol. The summed E-state index contributed by atoms with van der Waals surface area (Å²) in [5.74, 6) is -1.23. The lowest BCUT2D eigenvalue weighted by Crippen LogP contribution is -2.42. The van der Waals surface area contributed by atoms with Gasteiger partial charge in [-0.3, -0.25) is 9.59 Å². The number of carboxylic acid groups (broad SMARTS) is 1. The van der Waals surface area contributed by atoms with Crippen LogP contribution in [0.4, 0.5) is 0 Å². The third kappa shape index (κ3) is 3.67. The van der Waals surface area contributed by atoms with E-state index in [1.807, 2.05) is 18.2 Å². The Hall–Kier alpha value is -2.57. The van der Waals surface area contributed by atoms with Crippen LogP contribution in [-0.2, 0) is 16.0 Å². The number of carbonyl (C=O) groups is 2. The third-order valence-corrected chi connectivity index (χ3v) is 4.56. The summed E-state index contributed by atoms with van der Waals surface area (Å²) in [6, 6.07) is 5.71. The lowest BCUT2D eigenvalue weighted by molar-refractivity contribution is -0.145. The van der Waals surface area contributed by atoms with Crippen molar-refractivity contribution in [2.75, 3.05) is 13.1 Å². The first-order chi connectivity index (χ1) is 11.5. The number of aryl methyl sites for hydroxylation is 1. The fourth-order valence-electron chi connectivity index (χ4n) is 3.24. The molecule has 1 unspecified atom stereocenters. The summed E-state index contributed by atoms with van der Waals surface area (Å²) < 4.78 is 0. The molecule has 3 rings (SSSR count). The van der Waals surface area contributed by atoms with E-state index in [0.29, 0.717) is 32.4 Å². The highest BCUT2D eigenvalue weighted by atomic mass is 16.4. The Balaban J connectivity index is 1.52. The first-order valence-corrected chi connectivity index (χ1v) is 8.24. The van der Waals surface area contributed by atoms with Crippen molar-refractivity contribution >= 4 is 22.9 Å². The number of nitrogens with zero attached hydrogens (tertiary/aromatic N) is 1. The van der Waals surface area contributed by atoms with Gasteiger partial charge in [0.2, 0.25) is 5.91 Å². The topological polar surface area (TPSA) is 106 Å². The lowest BCUT2D eigenvalue weighted by Gasteiger charge is -2.30. The van der Waals surface area contributed by atoms with E-state index in [4.69, 9.17) is 5.11 Å². The van der Waals surface area contributed by atoms with Crippen LogP contribution in [-0.4, -0.2) is 44.9 Å². The summed E-state index contributed by atoms with van der Waals surface area (Å²) in [6.45, 7) is 0.976. The van der Waals surface area contributed by atoms with Gasteiger partial charge in [0.05, 0.1) is 17.0 Å². The number of piperidine rings is 1. The second-order valence-electron chi connectivity index (χ2n) is 6.33. The molecular formula is C17H21N3O4. The van der Waals surface area contributed by atoms with Crippen molar-refractivity contribution in [1.29, 1.82) is 0 Å². The summed E-state index contributed by atoms with van der Waals surface area (Å²) >= 11 is 0. The zero-order chi connectivity index (χ0) is 17.1. The number of hydrogen-bond donors (Lipinski definition) is 3. The Morgan fingerprint density at radius 2 is 2.04 bits per heavy atom. The highest BCUT2D eigenvalue weighted by Gasteiger charge is 2.27. The van der Waals surface area contributed by atoms with Crippen LogP contribution in [0.2, 0.25) is 0 Å². The Kier molecular flexibility index (Phi) is 4.69. The maximum absolute atomic E-state index is 12.3. The summed E-state index contributed by atoms with van der Waals surface area (Å²) in [6.07, 6.45) is 3.25. The molecule has 0 aliphatic carbocycles. The van der Waals surface area contributed by atoms with Crippen molar-refractivity contribution in [3.63, 3.8) is 0 Å². The minimum Gasteiger partial charge on any atom is -0.481 e. The van der Waals surface area contributed by atoms with Gasteiger partial charge in [-0.05, 0) is 43.4 Å². The Bertz CT molecular complexity index is 808. The Morgan fingerprint density at radius 1 is 1.25 bits per heavy atom. The van der Waals surface area contributed by atoms with Crippen molar-refractivity contribution in [3.05, 3.63) is 34.2 Å². The molecular weight excluding hydrogens is 310 g/mol. The summed E-state index contributed by atoms with van der Waals surface area (Å²) in [4.78, 5) is 41.7. The smallest absolute Gasteiger partial charge is 0.323 e. The van der Waals surface area contributed by atoms with E-state index in [0.717, 1.165) is 29.4 Å². The number of likely N-dealkylation sites (tertiary alicyclic amines) is 1. The standard InChI is InChI=1S/C17H21N3O4/c21-15(20-8-2-4-12(10-20)16(22)23)5-1-3-11-6-7-13-14(9-11)19-17(24)18-13/h6-7,9,12H,1-5,8,10H2,(H,22,23)(H2,18,19,24). The monoisotopic (exact) mass is 331 g/mol. The molecule has 0 radical (unpaired) electrons. The van der Waals surface area contributed by atoms with Gasteiger partial charge in [-0.15, -0.1) is 0 Å². The van der Waals surface area contributed by atoms with E-state index in [-0.39, 0.29) is 11.6 Å². The second-order valence-corrected chi connectivity index (χ2v) is 6.33. The summed E-state index contributed by atoms with van der Waals surface area (Å²) in [7, 11) is 0. The van der Waals surface area contributed by atoms with Crippen LogP contribution in [0.1, 0.15) is 31.2 Å². The van der Waals surface area contributed by atoms with E-state index in [2.05, 4.69) is 9.97 Å². The maximum Gasteiger partial charge on any atom is 0.323 e. The van der Waals surface area contributed by atoms with E-state index in [9.17, 15) is 14.4 Å². The van der Waals surface area contributed by atoms with Gasteiger partial charge in [-0.25, -0.2) is 4.79 Å². The van der Waals surface area contributed by atoms with E-state index < -0.39 is 11.9 Å². The minimum atomic E-state index is -0.818. The number of fused-ring (bicyclic) bond motifs is 1. The van der Waals surface area contributed by atoms with Gasteiger partial charge in [0.25, 0.3) is 0 Å². The molecule has 24 heavy (non-hydrogen) atoms. The number of aromatic nitrogens is 2. The normalized spacial score (nSPS) is 18.0. The van der Waals surface area contributed by atoms with Gasteiger partial charge in [0.15, 0.2) is 0 Å². The van der Waals surface area contributed by atoms with Crippen LogP contribution in [0.3, 0.4) is 0 Å². The molecule has 2 aromatic rings. The van der Waals surface area contributed by atoms with Crippen molar-refractivity contribution in [3.8, 4) is 0 Å². The lowest BCUT2D eigenvalue weighted by atomic mass is 9.97. The predicted octanol–water partition coefficient (Wildman–Crippen LogP) is 1.50. The molecule has 1 amide bonds. The summed E-state index contributed by atoms with van der Waals surface area (Å²) in [5, 5.41) is 9.09. The summed E-state index contributed by atoms with van der Waals surface area (Å²) in [5.41, 5.74) is 2.38. The van der Waals surface area contributed by atoms with Gasteiger partial charge in [-0.1, -0.05) is 6.07 Å². The van der Waals surface area contributed by atoms with Gasteiger partial charge in [0.1, 0.15) is 0 Å². The zero-order valence-electron chi connectivity index (χ0n) is 13.4. The predicted molar refractivity (Wildman–Crippen MR) is 88.8 cm³/mol. The number of benzene rings is 1. The van der Waals surface area contributed by atoms with E-state index in [1.54, 1.807) is 4.90 Å². The molecule has 128 valence electrons. The first kappa shape index (κ1) is 16.3. The van der Waals surface area contributed by atoms with Crippen molar-refractivity contribution in [2.24, 2.45) is 5.92 Å². The van der Waals surface area contributed by atoms with Crippen molar-refractivity contribution < 1.29 is 14.7 Å². The molecule has 7 heteroatoms. The molecule has 1 saturated heterocycles. The molecule has 2 heterocycles. The molecule has 3 N–H and O–H groups in total. The maximum atomic E-state index is 12.3. The highest BCUT2D eigenvalue weighted by molar-refractivity contribution is 5.78. The molecule has 0 bridgehead atoms. The average Bonchev–Trinajstić information content (AvgIpc) is 2.94. The van der Waals surface area contributed by atoms with Crippen LogP contribution >= 0.6 is 0 Å². The molecule has 0 spiro atoms. The number of amides is 1. The number of carboxylic acids is 1. The van der Waals surface area contributed by atoms with E-state index in [1.165, 1.54) is 0 Å². The van der Waals surface area contributed by atoms with Crippen LogP contribution in [0.15, 0.2) is 23.0 Å². The van der Waals surface area contributed by atoms with Gasteiger partial charge in [0, 0.05) is 19.5 Å². The van der Waals surface area contributed by atoms with Gasteiger partial charge < -0.3 is 20.0 Å². The van der Waals surface area contributed by atoms with Crippen LogP contribution in [0.25, 0.3) is 11.0 Å². The quantitative estimate of drug-likeness (QED) is 0.772. The SMILES string of the molecule is O=C(O)C1CCCN(C(=O)CCCc2ccc3[nH]c(=O)[nH]c3c2)C1. The van der Waals surface area contributed by atoms with Crippen LogP contribution < -0.4 is 5.69 Å². The molecule has 1 aliphatic heterocycles. The molecule has 1 aromatic heterocycles. The second kappa shape index (κ2) is 6.90. The largest absolute Gasteiger partial charge is 0.481 e. The fourth-order valence-corrected chi connectivity index (χ4v) is 3.24. The zero-order valence-corrected chi connectivity index (χ0v) is 13.4. The molecule has 1 fully saturated rings. The number of nitrogens with one attached hydrogen (secondary N) is 2. The fraction of sp³-hybridized carbons (Fsp3) is 0.471. The van der Waals surface area contributed by atoms with Gasteiger partial charge in [-0.2, -0.15) is 0 Å². The number of hydrogen-bond acceptors (Lipinski definition) is 3. The Labute approximate surface area is 138 Å². The van der Waals surface area contributed by atoms with E-state index >= 15 is 0 Å². The van der Waals surface area contributed by atoms with Crippen LogP contribution in [0.5, 0.6) is 0 Å². The third-order valence-electron chi connectivity index (χ3n) is 4.56. The highest BCUT2D eigenvalue weighted by Crippen LogP contribution is 2.18. The molecule has 0 saturated carbocycles. The molecule has 7 nitrogen and oxygen atoms in total. The number of aromatic amines is 2. The number of imidazole rings is 1. The molecule has 1 atom stereocenters.